The minimum absolute atomic E-state index is 0.0403. The Labute approximate surface area is 318 Å². The van der Waals surface area contributed by atoms with E-state index in [0.29, 0.717) is 55.1 Å². The molecule has 286 valence electrons. The van der Waals surface area contributed by atoms with Gasteiger partial charge in [-0.2, -0.15) is 9.97 Å². The van der Waals surface area contributed by atoms with Crippen LogP contribution in [-0.4, -0.2) is 106 Å². The van der Waals surface area contributed by atoms with Crippen molar-refractivity contribution in [2.24, 2.45) is 0 Å². The van der Waals surface area contributed by atoms with Crippen LogP contribution in [0.2, 0.25) is 0 Å². The fourth-order valence-corrected chi connectivity index (χ4v) is 9.29. The lowest BCUT2D eigenvalue weighted by molar-refractivity contribution is -0.0122. The number of piperidine rings is 1. The highest BCUT2D eigenvalue weighted by Gasteiger charge is 2.46. The number of amides is 1. The minimum atomic E-state index is -0.597. The molecule has 55 heavy (non-hydrogen) atoms. The number of nitrogens with zero attached hydrogens (tertiary/aromatic N) is 6. The van der Waals surface area contributed by atoms with Crippen molar-refractivity contribution in [1.29, 1.82) is 0 Å². The molecular weight excluding hydrogens is 703 g/mol. The summed E-state index contributed by atoms with van der Waals surface area (Å²) in [6, 6.07) is 20.3. The third kappa shape index (κ3) is 6.78. The molecule has 5 aromatic rings. The zero-order chi connectivity index (χ0) is 37.5. The van der Waals surface area contributed by atoms with E-state index in [1.807, 2.05) is 60.7 Å². The number of aromatic nitrogens is 3. The first-order valence-corrected chi connectivity index (χ1v) is 19.2. The van der Waals surface area contributed by atoms with Gasteiger partial charge in [0.05, 0.1) is 29.1 Å². The predicted molar refractivity (Wildman–Crippen MR) is 204 cm³/mol. The van der Waals surface area contributed by atoms with E-state index >= 15 is 4.39 Å². The highest BCUT2D eigenvalue weighted by atomic mass is 19.1. The molecule has 6 heterocycles. The smallest absolute Gasteiger partial charge is 0.410 e. The van der Waals surface area contributed by atoms with E-state index in [1.54, 1.807) is 24.3 Å². The number of benzene rings is 3. The Morgan fingerprint density at radius 1 is 0.945 bits per heavy atom. The molecule has 2 atom stereocenters. The van der Waals surface area contributed by atoms with Gasteiger partial charge in [0.25, 0.3) is 0 Å². The lowest BCUT2D eigenvalue weighted by atomic mass is 9.89. The summed E-state index contributed by atoms with van der Waals surface area (Å²) in [5, 5.41) is 13.0. The molecule has 4 aliphatic heterocycles. The summed E-state index contributed by atoms with van der Waals surface area (Å²) in [6.45, 7) is 3.41. The number of methoxy groups -OCH3 is 1. The van der Waals surface area contributed by atoms with Crippen LogP contribution < -0.4 is 14.4 Å². The molecule has 4 fully saturated rings. The number of hydrogen-bond donors (Lipinski definition) is 1. The molecule has 3 aromatic carbocycles. The van der Waals surface area contributed by atoms with Crippen LogP contribution in [-0.2, 0) is 16.1 Å². The predicted octanol–water partition coefficient (Wildman–Crippen LogP) is 6.32. The van der Waals surface area contributed by atoms with Gasteiger partial charge < -0.3 is 29.0 Å². The summed E-state index contributed by atoms with van der Waals surface area (Å²) < 4.78 is 40.4. The monoisotopic (exact) mass is 748 g/mol. The van der Waals surface area contributed by atoms with Gasteiger partial charge in [-0.15, -0.1) is 0 Å². The van der Waals surface area contributed by atoms with Crippen molar-refractivity contribution in [2.45, 2.75) is 68.9 Å². The third-order valence-corrected chi connectivity index (χ3v) is 11.8. The molecule has 1 N–H and O–H groups in total. The molecule has 4 saturated heterocycles. The van der Waals surface area contributed by atoms with Crippen molar-refractivity contribution in [2.75, 3.05) is 51.6 Å². The summed E-state index contributed by atoms with van der Waals surface area (Å²) in [6.07, 6.45) is 5.72. The number of carbonyl (C=O) groups excluding carboxylic acids is 1. The number of hydrogen-bond acceptors (Lipinski definition) is 11. The summed E-state index contributed by atoms with van der Waals surface area (Å²) in [4.78, 5) is 34.3. The Morgan fingerprint density at radius 2 is 1.69 bits per heavy atom. The van der Waals surface area contributed by atoms with Crippen molar-refractivity contribution < 1.29 is 33.2 Å². The molecule has 2 aromatic heterocycles. The van der Waals surface area contributed by atoms with Gasteiger partial charge in [-0.1, -0.05) is 54.6 Å². The molecule has 0 saturated carbocycles. The first-order valence-electron chi connectivity index (χ1n) is 19.2. The van der Waals surface area contributed by atoms with Gasteiger partial charge in [0.2, 0.25) is 0 Å². The van der Waals surface area contributed by atoms with Crippen molar-refractivity contribution in [3.05, 3.63) is 84.3 Å². The number of rotatable bonds is 10. The maximum Gasteiger partial charge on any atom is 0.410 e. The Balaban J connectivity index is 1.09. The first-order chi connectivity index (χ1) is 26.9. The number of ether oxygens (including phenoxy) is 4. The topological polar surface area (TPSA) is 123 Å². The second-order valence-electron chi connectivity index (χ2n) is 15.2. The maximum absolute atomic E-state index is 17.2. The van der Waals surface area contributed by atoms with Gasteiger partial charge >= 0.3 is 12.1 Å². The lowest BCUT2D eigenvalue weighted by Gasteiger charge is -2.50. The molecule has 4 aliphatic rings. The van der Waals surface area contributed by atoms with Gasteiger partial charge in [-0.25, -0.2) is 9.18 Å². The molecule has 12 nitrogen and oxygen atoms in total. The lowest BCUT2D eigenvalue weighted by Crippen LogP contribution is -2.65. The van der Waals surface area contributed by atoms with E-state index in [4.69, 9.17) is 33.9 Å². The van der Waals surface area contributed by atoms with Crippen molar-refractivity contribution in [3.8, 4) is 23.0 Å². The third-order valence-electron chi connectivity index (χ3n) is 11.8. The Morgan fingerprint density at radius 3 is 2.45 bits per heavy atom. The average Bonchev–Trinajstić information content (AvgIpc) is 3.79. The molecule has 0 aliphatic carbocycles. The van der Waals surface area contributed by atoms with Crippen LogP contribution in [0.25, 0.3) is 32.9 Å². The molecule has 2 unspecified atom stereocenters. The second kappa shape index (κ2) is 14.9. The first kappa shape index (κ1) is 35.6. The SMILES string of the molecule is COCOc1cc(-c2ncc3c(N4CC5CC(O)CC(C4)N5C(=O)OCc4ccccc4)nc(OCC45CCCN4CCC5)nc3c2F)c2ccccc2c1. The number of pyridine rings is 1. The highest BCUT2D eigenvalue weighted by Crippen LogP contribution is 2.41. The molecule has 1 amide bonds. The minimum Gasteiger partial charge on any atom is -0.468 e. The van der Waals surface area contributed by atoms with Crippen LogP contribution in [0.4, 0.5) is 15.0 Å². The summed E-state index contributed by atoms with van der Waals surface area (Å²) in [5.74, 6) is 0.409. The van der Waals surface area contributed by atoms with Gasteiger partial charge in [-0.3, -0.25) is 14.8 Å². The number of piperazine rings is 1. The summed E-state index contributed by atoms with van der Waals surface area (Å²) >= 11 is 0. The molecule has 0 spiro atoms. The number of fused-ring (bicyclic) bond motifs is 5. The number of anilines is 1. The van der Waals surface area contributed by atoms with E-state index in [2.05, 4.69) is 9.80 Å². The van der Waals surface area contributed by atoms with E-state index in [-0.39, 0.29) is 48.2 Å². The maximum atomic E-state index is 17.2. The normalized spacial score (nSPS) is 21.9. The number of halogens is 1. The Kier molecular flexibility index (Phi) is 9.61. The standard InChI is InChI=1S/C42H45FN6O6/c1-52-26-55-32-17-28-11-5-6-12-33(28)34(20-32)37-36(43)38-35(21-44-37)39(46-40(45-38)54-25-42-13-7-15-48(42)16-8-14-42)47-22-29-18-31(50)19-30(23-47)49(29)41(51)53-24-27-9-3-2-4-10-27/h2-6,9-12,17,20-21,29-31,50H,7-8,13-16,18-19,22-26H2,1H3. The molecule has 13 heteroatoms. The van der Waals surface area contributed by atoms with E-state index in [0.717, 1.165) is 55.1 Å². The van der Waals surface area contributed by atoms with Gasteiger partial charge in [-0.05, 0) is 80.1 Å². The van der Waals surface area contributed by atoms with Gasteiger partial charge in [0.15, 0.2) is 12.6 Å². The van der Waals surface area contributed by atoms with Gasteiger partial charge in [0, 0.05) is 32.0 Å². The van der Waals surface area contributed by atoms with Gasteiger partial charge in [0.1, 0.15) is 36.0 Å². The Hall–Kier alpha value is -5.11. The second-order valence-corrected chi connectivity index (χ2v) is 15.2. The van der Waals surface area contributed by atoms with E-state index in [1.165, 1.54) is 0 Å². The van der Waals surface area contributed by atoms with E-state index < -0.39 is 18.0 Å². The molecule has 2 bridgehead atoms. The fraction of sp³-hybridized carbons (Fsp3) is 0.429. The zero-order valence-corrected chi connectivity index (χ0v) is 30.9. The molecule has 0 radical (unpaired) electrons. The molecular formula is C42H45FN6O6. The number of aliphatic hydroxyl groups excluding tert-OH is 1. The van der Waals surface area contributed by atoms with Crippen molar-refractivity contribution >= 4 is 33.6 Å². The zero-order valence-electron chi connectivity index (χ0n) is 30.9. The van der Waals surface area contributed by atoms with Crippen LogP contribution in [0.5, 0.6) is 11.8 Å². The van der Waals surface area contributed by atoms with Crippen LogP contribution in [0, 0.1) is 5.82 Å². The van der Waals surface area contributed by atoms with Crippen LogP contribution in [0.15, 0.2) is 72.9 Å². The largest absolute Gasteiger partial charge is 0.468 e. The fourth-order valence-electron chi connectivity index (χ4n) is 9.29. The molecule has 9 rings (SSSR count). The highest BCUT2D eigenvalue weighted by molar-refractivity contribution is 6.00. The van der Waals surface area contributed by atoms with Crippen LogP contribution in [0.3, 0.4) is 0 Å². The quantitative estimate of drug-likeness (QED) is 0.162. The number of aliphatic hydroxyl groups is 1. The van der Waals surface area contributed by atoms with Crippen LogP contribution >= 0.6 is 0 Å². The van der Waals surface area contributed by atoms with Crippen molar-refractivity contribution in [3.63, 3.8) is 0 Å². The average molecular weight is 749 g/mol. The summed E-state index contributed by atoms with van der Waals surface area (Å²) in [7, 11) is 1.55. The summed E-state index contributed by atoms with van der Waals surface area (Å²) in [5.41, 5.74) is 1.61. The van der Waals surface area contributed by atoms with E-state index in [9.17, 15) is 9.90 Å². The number of carbonyl (C=O) groups is 1. The van der Waals surface area contributed by atoms with Crippen LogP contribution in [0.1, 0.15) is 44.1 Å². The Bertz CT molecular complexity index is 2180. The van der Waals surface area contributed by atoms with Crippen molar-refractivity contribution in [1.82, 2.24) is 24.8 Å².